The SMILES string of the molecule is OB(O)c1cccc(-c2cc(C(F)(F)F)cc(C(F)(F)F)c2)c1-c1ccccc1. The molecule has 0 atom stereocenters. The summed E-state index contributed by atoms with van der Waals surface area (Å²) in [5.41, 5.74) is -2.72. The van der Waals surface area contributed by atoms with Crippen molar-refractivity contribution in [3.8, 4) is 22.3 Å². The van der Waals surface area contributed by atoms with Gasteiger partial charge in [0.2, 0.25) is 0 Å². The van der Waals surface area contributed by atoms with Gasteiger partial charge in [0.25, 0.3) is 0 Å². The number of hydrogen-bond acceptors (Lipinski definition) is 2. The molecule has 150 valence electrons. The van der Waals surface area contributed by atoms with Crippen LogP contribution in [0.1, 0.15) is 11.1 Å². The zero-order chi connectivity index (χ0) is 21.4. The van der Waals surface area contributed by atoms with Crippen LogP contribution in [0.4, 0.5) is 26.3 Å². The van der Waals surface area contributed by atoms with E-state index in [-0.39, 0.29) is 28.2 Å². The van der Waals surface area contributed by atoms with Crippen LogP contribution in [0.3, 0.4) is 0 Å². The van der Waals surface area contributed by atoms with E-state index < -0.39 is 30.6 Å². The predicted molar refractivity (Wildman–Crippen MR) is 97.1 cm³/mol. The number of halogens is 6. The van der Waals surface area contributed by atoms with Gasteiger partial charge < -0.3 is 10.0 Å². The second kappa shape index (κ2) is 7.57. The fraction of sp³-hybridized carbons (Fsp3) is 0.100. The standard InChI is InChI=1S/C20H13BF6O2/c22-19(23,24)14-9-13(10-15(11-14)20(25,26)27)16-7-4-8-17(21(28)29)18(16)12-5-2-1-3-6-12/h1-11,28-29H. The van der Waals surface area contributed by atoms with Crippen molar-refractivity contribution < 1.29 is 36.4 Å². The van der Waals surface area contributed by atoms with E-state index in [1.165, 1.54) is 18.2 Å². The Morgan fingerprint density at radius 1 is 0.621 bits per heavy atom. The highest BCUT2D eigenvalue weighted by Crippen LogP contribution is 2.40. The minimum atomic E-state index is -4.99. The molecule has 29 heavy (non-hydrogen) atoms. The second-order valence-electron chi connectivity index (χ2n) is 6.30. The van der Waals surface area contributed by atoms with Crippen LogP contribution in [0.2, 0.25) is 0 Å². The third kappa shape index (κ3) is 4.46. The molecule has 2 N–H and O–H groups in total. The molecule has 0 saturated carbocycles. The third-order valence-corrected chi connectivity index (χ3v) is 4.34. The lowest BCUT2D eigenvalue weighted by molar-refractivity contribution is -0.143. The summed E-state index contributed by atoms with van der Waals surface area (Å²) >= 11 is 0. The maximum atomic E-state index is 13.2. The van der Waals surface area contributed by atoms with Crippen molar-refractivity contribution in [1.29, 1.82) is 0 Å². The van der Waals surface area contributed by atoms with Crippen LogP contribution in [0.25, 0.3) is 22.3 Å². The third-order valence-electron chi connectivity index (χ3n) is 4.34. The molecule has 0 amide bonds. The van der Waals surface area contributed by atoms with E-state index >= 15 is 0 Å². The van der Waals surface area contributed by atoms with Crippen LogP contribution in [-0.4, -0.2) is 17.2 Å². The van der Waals surface area contributed by atoms with E-state index in [2.05, 4.69) is 0 Å². The highest BCUT2D eigenvalue weighted by Gasteiger charge is 2.37. The predicted octanol–water partition coefficient (Wildman–Crippen LogP) is 4.74. The Kier molecular flexibility index (Phi) is 5.47. The zero-order valence-corrected chi connectivity index (χ0v) is 14.6. The monoisotopic (exact) mass is 410 g/mol. The summed E-state index contributed by atoms with van der Waals surface area (Å²) in [6, 6.07) is 13.4. The van der Waals surface area contributed by atoms with Crippen molar-refractivity contribution in [3.05, 3.63) is 77.9 Å². The maximum absolute atomic E-state index is 13.2. The van der Waals surface area contributed by atoms with Gasteiger partial charge in [0.1, 0.15) is 0 Å². The molecule has 0 aromatic heterocycles. The van der Waals surface area contributed by atoms with Crippen LogP contribution in [0, 0.1) is 0 Å². The van der Waals surface area contributed by atoms with Gasteiger partial charge in [-0.25, -0.2) is 0 Å². The molecule has 3 aromatic rings. The molecule has 0 heterocycles. The van der Waals surface area contributed by atoms with Crippen molar-refractivity contribution in [2.75, 3.05) is 0 Å². The molecule has 0 unspecified atom stereocenters. The molecule has 0 fully saturated rings. The molecule has 0 radical (unpaired) electrons. The van der Waals surface area contributed by atoms with Crippen molar-refractivity contribution in [2.45, 2.75) is 12.4 Å². The summed E-state index contributed by atoms with van der Waals surface area (Å²) in [6.45, 7) is 0. The highest BCUT2D eigenvalue weighted by atomic mass is 19.4. The van der Waals surface area contributed by atoms with Crippen molar-refractivity contribution >= 4 is 12.6 Å². The normalized spacial score (nSPS) is 12.1. The van der Waals surface area contributed by atoms with Crippen LogP contribution in [0.15, 0.2) is 66.7 Å². The summed E-state index contributed by atoms with van der Waals surface area (Å²) in [4.78, 5) is 0. The Labute approximate surface area is 162 Å². The van der Waals surface area contributed by atoms with Crippen LogP contribution in [0.5, 0.6) is 0 Å². The molecular weight excluding hydrogens is 397 g/mol. The van der Waals surface area contributed by atoms with Crippen LogP contribution < -0.4 is 5.46 Å². The lowest BCUT2D eigenvalue weighted by Crippen LogP contribution is -2.32. The Morgan fingerprint density at radius 3 is 1.66 bits per heavy atom. The number of alkyl halides is 6. The molecule has 0 aliphatic rings. The average molecular weight is 410 g/mol. The minimum absolute atomic E-state index is 0.0124. The Hall–Kier alpha value is -2.78. The number of rotatable bonds is 3. The molecule has 0 saturated heterocycles. The van der Waals surface area contributed by atoms with Gasteiger partial charge in [-0.2, -0.15) is 26.3 Å². The van der Waals surface area contributed by atoms with Gasteiger partial charge in [-0.1, -0.05) is 48.5 Å². The van der Waals surface area contributed by atoms with Gasteiger partial charge in [0.15, 0.2) is 0 Å². The van der Waals surface area contributed by atoms with Gasteiger partial charge in [-0.05, 0) is 45.9 Å². The molecular formula is C20H13BF6O2. The average Bonchev–Trinajstić information content (AvgIpc) is 2.66. The summed E-state index contributed by atoms with van der Waals surface area (Å²) in [6.07, 6.45) is -9.98. The summed E-state index contributed by atoms with van der Waals surface area (Å²) < 4.78 is 79.4. The quantitative estimate of drug-likeness (QED) is 0.484. The fourth-order valence-electron chi connectivity index (χ4n) is 3.06. The second-order valence-corrected chi connectivity index (χ2v) is 6.30. The van der Waals surface area contributed by atoms with Gasteiger partial charge in [0, 0.05) is 0 Å². The largest absolute Gasteiger partial charge is 0.489 e. The first-order valence-corrected chi connectivity index (χ1v) is 8.33. The molecule has 3 rings (SSSR count). The van der Waals surface area contributed by atoms with Crippen LogP contribution in [-0.2, 0) is 12.4 Å². The topological polar surface area (TPSA) is 40.5 Å². The lowest BCUT2D eigenvalue weighted by atomic mass is 9.73. The van der Waals surface area contributed by atoms with Crippen molar-refractivity contribution in [2.24, 2.45) is 0 Å². The molecule has 0 spiro atoms. The van der Waals surface area contributed by atoms with E-state index in [1.807, 2.05) is 0 Å². The summed E-state index contributed by atoms with van der Waals surface area (Å²) in [5, 5.41) is 19.4. The van der Waals surface area contributed by atoms with Gasteiger partial charge in [-0.3, -0.25) is 0 Å². The molecule has 2 nitrogen and oxygen atoms in total. The van der Waals surface area contributed by atoms with Crippen molar-refractivity contribution in [3.63, 3.8) is 0 Å². The number of hydrogen-bond donors (Lipinski definition) is 2. The molecule has 3 aromatic carbocycles. The molecule has 0 bridgehead atoms. The zero-order valence-electron chi connectivity index (χ0n) is 14.6. The first-order chi connectivity index (χ1) is 13.5. The fourth-order valence-corrected chi connectivity index (χ4v) is 3.06. The first-order valence-electron chi connectivity index (χ1n) is 8.33. The highest BCUT2D eigenvalue weighted by molar-refractivity contribution is 6.60. The summed E-state index contributed by atoms with van der Waals surface area (Å²) in [7, 11) is -1.97. The Morgan fingerprint density at radius 2 is 1.17 bits per heavy atom. The molecule has 0 aliphatic heterocycles. The van der Waals surface area contributed by atoms with E-state index in [0.29, 0.717) is 17.7 Å². The van der Waals surface area contributed by atoms with E-state index in [4.69, 9.17) is 0 Å². The van der Waals surface area contributed by atoms with Gasteiger partial charge >= 0.3 is 19.5 Å². The van der Waals surface area contributed by atoms with E-state index in [1.54, 1.807) is 30.3 Å². The Bertz CT molecular complexity index is 981. The maximum Gasteiger partial charge on any atom is 0.489 e. The van der Waals surface area contributed by atoms with E-state index in [0.717, 1.165) is 0 Å². The summed E-state index contributed by atoms with van der Waals surface area (Å²) in [5.74, 6) is 0. The Balaban J connectivity index is 2.36. The van der Waals surface area contributed by atoms with Crippen LogP contribution >= 0.6 is 0 Å². The van der Waals surface area contributed by atoms with E-state index in [9.17, 15) is 36.4 Å². The number of benzene rings is 3. The molecule has 0 aliphatic carbocycles. The first kappa shape index (κ1) is 20.9. The van der Waals surface area contributed by atoms with Gasteiger partial charge in [0.05, 0.1) is 11.1 Å². The smallest absolute Gasteiger partial charge is 0.423 e. The van der Waals surface area contributed by atoms with Crippen molar-refractivity contribution in [1.82, 2.24) is 0 Å². The molecule has 9 heteroatoms. The van der Waals surface area contributed by atoms with Gasteiger partial charge in [-0.15, -0.1) is 0 Å². The lowest BCUT2D eigenvalue weighted by Gasteiger charge is -2.18. The minimum Gasteiger partial charge on any atom is -0.423 e.